The van der Waals surface area contributed by atoms with Crippen LogP contribution in [0.25, 0.3) is 0 Å². The van der Waals surface area contributed by atoms with Gasteiger partial charge in [0.05, 0.1) is 12.7 Å². The fourth-order valence-corrected chi connectivity index (χ4v) is 2.48. The van der Waals surface area contributed by atoms with Crippen LogP contribution in [-0.4, -0.2) is 41.2 Å². The lowest BCUT2D eigenvalue weighted by Crippen LogP contribution is -2.15. The average Bonchev–Trinajstić information content (AvgIpc) is 2.81. The highest BCUT2D eigenvalue weighted by molar-refractivity contribution is 7.99. The first-order chi connectivity index (χ1) is 8.29. The van der Waals surface area contributed by atoms with Crippen LogP contribution in [0.2, 0.25) is 0 Å². The molecule has 0 aliphatic carbocycles. The van der Waals surface area contributed by atoms with Crippen molar-refractivity contribution in [2.45, 2.75) is 12.5 Å². The summed E-state index contributed by atoms with van der Waals surface area (Å²) in [6, 6.07) is 5.94. The van der Waals surface area contributed by atoms with Crippen molar-refractivity contribution >= 4 is 11.8 Å². The predicted molar refractivity (Wildman–Crippen MR) is 66.7 cm³/mol. The van der Waals surface area contributed by atoms with Crippen LogP contribution >= 0.6 is 11.8 Å². The summed E-state index contributed by atoms with van der Waals surface area (Å²) in [7, 11) is 0. The first-order valence-corrected chi connectivity index (χ1v) is 6.70. The number of aliphatic hydroxyl groups is 2. The lowest BCUT2D eigenvalue weighted by Gasteiger charge is -2.06. The molecule has 0 bridgehead atoms. The lowest BCUT2D eigenvalue weighted by atomic mass is 10.1. The number of fused-ring (bicyclic) bond motifs is 1. The van der Waals surface area contributed by atoms with Gasteiger partial charge in [0.15, 0.2) is 11.5 Å². The van der Waals surface area contributed by atoms with E-state index in [2.05, 4.69) is 0 Å². The van der Waals surface area contributed by atoms with Crippen molar-refractivity contribution in [1.82, 2.24) is 0 Å². The van der Waals surface area contributed by atoms with Crippen LogP contribution in [0.5, 0.6) is 11.5 Å². The molecule has 17 heavy (non-hydrogen) atoms. The Morgan fingerprint density at radius 2 is 2.12 bits per heavy atom. The number of hydrogen-bond acceptors (Lipinski definition) is 5. The van der Waals surface area contributed by atoms with E-state index in [-0.39, 0.29) is 6.61 Å². The second kappa shape index (κ2) is 6.14. The van der Waals surface area contributed by atoms with Crippen LogP contribution in [0.4, 0.5) is 0 Å². The van der Waals surface area contributed by atoms with Gasteiger partial charge in [0.1, 0.15) is 0 Å². The van der Waals surface area contributed by atoms with Crippen LogP contribution in [0.1, 0.15) is 5.56 Å². The Morgan fingerprint density at radius 3 is 2.94 bits per heavy atom. The van der Waals surface area contributed by atoms with Gasteiger partial charge in [0, 0.05) is 5.75 Å². The van der Waals surface area contributed by atoms with Gasteiger partial charge in [-0.25, -0.2) is 0 Å². The number of thioether (sulfide) groups is 1. The molecule has 0 saturated heterocycles. The molecule has 1 heterocycles. The van der Waals surface area contributed by atoms with Crippen molar-refractivity contribution in [2.75, 3.05) is 24.9 Å². The molecule has 0 aromatic heterocycles. The molecule has 1 aromatic carbocycles. The average molecular weight is 256 g/mol. The summed E-state index contributed by atoms with van der Waals surface area (Å²) in [5, 5.41) is 17.8. The molecule has 0 saturated carbocycles. The Hall–Kier alpha value is -0.910. The van der Waals surface area contributed by atoms with Gasteiger partial charge in [-0.2, -0.15) is 11.8 Å². The molecule has 1 aliphatic rings. The predicted octanol–water partition coefficient (Wildman–Crippen LogP) is 1.04. The van der Waals surface area contributed by atoms with Crippen molar-refractivity contribution in [1.29, 1.82) is 0 Å². The number of rotatable bonds is 6. The molecule has 0 amide bonds. The van der Waals surface area contributed by atoms with E-state index in [1.54, 1.807) is 11.8 Å². The molecule has 0 fully saturated rings. The summed E-state index contributed by atoms with van der Waals surface area (Å²) in [4.78, 5) is 0. The van der Waals surface area contributed by atoms with Crippen molar-refractivity contribution in [3.8, 4) is 11.5 Å². The molecule has 1 aliphatic heterocycles. The van der Waals surface area contributed by atoms with E-state index in [4.69, 9.17) is 14.6 Å². The van der Waals surface area contributed by atoms with E-state index >= 15 is 0 Å². The number of benzene rings is 1. The fourth-order valence-electron chi connectivity index (χ4n) is 1.56. The molecule has 1 aromatic rings. The number of aryl methyl sites for hydroxylation is 1. The Balaban J connectivity index is 1.76. The summed E-state index contributed by atoms with van der Waals surface area (Å²) in [6.07, 6.45) is 0.302. The van der Waals surface area contributed by atoms with E-state index in [1.807, 2.05) is 18.2 Å². The fraction of sp³-hybridized carbons (Fsp3) is 0.500. The van der Waals surface area contributed by atoms with E-state index in [0.717, 1.165) is 23.7 Å². The zero-order valence-corrected chi connectivity index (χ0v) is 10.3. The van der Waals surface area contributed by atoms with Gasteiger partial charge in [-0.05, 0) is 29.9 Å². The molecule has 0 radical (unpaired) electrons. The maximum atomic E-state index is 9.17. The first-order valence-electron chi connectivity index (χ1n) is 5.55. The third kappa shape index (κ3) is 3.52. The smallest absolute Gasteiger partial charge is 0.231 e. The van der Waals surface area contributed by atoms with Crippen LogP contribution in [0.3, 0.4) is 0 Å². The van der Waals surface area contributed by atoms with Gasteiger partial charge < -0.3 is 19.7 Å². The van der Waals surface area contributed by atoms with Gasteiger partial charge in [0.2, 0.25) is 6.79 Å². The quantitative estimate of drug-likeness (QED) is 0.745. The van der Waals surface area contributed by atoms with E-state index in [0.29, 0.717) is 12.5 Å². The maximum absolute atomic E-state index is 9.17. The molecule has 0 spiro atoms. The van der Waals surface area contributed by atoms with E-state index in [9.17, 15) is 5.11 Å². The lowest BCUT2D eigenvalue weighted by molar-refractivity contribution is 0.113. The zero-order valence-electron chi connectivity index (χ0n) is 9.46. The van der Waals surface area contributed by atoms with Gasteiger partial charge >= 0.3 is 0 Å². The van der Waals surface area contributed by atoms with Gasteiger partial charge in [-0.3, -0.25) is 0 Å². The molecular weight excluding hydrogens is 240 g/mol. The highest BCUT2D eigenvalue weighted by Crippen LogP contribution is 2.32. The van der Waals surface area contributed by atoms with Gasteiger partial charge in [0.25, 0.3) is 0 Å². The molecule has 94 valence electrons. The minimum absolute atomic E-state index is 0.170. The standard InChI is InChI=1S/C12H16O4S/c13-6-10(14)7-17-4-3-9-1-2-11-12(5-9)16-8-15-11/h1-2,5,10,13-14H,3-4,6-8H2. The van der Waals surface area contributed by atoms with E-state index in [1.165, 1.54) is 5.56 Å². The molecule has 4 nitrogen and oxygen atoms in total. The molecule has 2 rings (SSSR count). The Morgan fingerprint density at radius 1 is 1.29 bits per heavy atom. The first kappa shape index (κ1) is 12.5. The molecular formula is C12H16O4S. The normalized spacial score (nSPS) is 14.9. The summed E-state index contributed by atoms with van der Waals surface area (Å²) in [5.41, 5.74) is 1.19. The summed E-state index contributed by atoms with van der Waals surface area (Å²) in [5.74, 6) is 3.09. The second-order valence-electron chi connectivity index (χ2n) is 3.85. The third-order valence-corrected chi connectivity index (χ3v) is 3.61. The SMILES string of the molecule is OCC(O)CSCCc1ccc2c(c1)OCO2. The monoisotopic (exact) mass is 256 g/mol. The van der Waals surface area contributed by atoms with Gasteiger partial charge in [-0.1, -0.05) is 6.07 Å². The molecule has 2 N–H and O–H groups in total. The van der Waals surface area contributed by atoms with Gasteiger partial charge in [-0.15, -0.1) is 0 Å². The zero-order chi connectivity index (χ0) is 12.1. The summed E-state index contributed by atoms with van der Waals surface area (Å²) >= 11 is 1.63. The van der Waals surface area contributed by atoms with Crippen molar-refractivity contribution in [3.05, 3.63) is 23.8 Å². The highest BCUT2D eigenvalue weighted by atomic mass is 32.2. The van der Waals surface area contributed by atoms with Crippen LogP contribution < -0.4 is 9.47 Å². The van der Waals surface area contributed by atoms with Crippen LogP contribution in [-0.2, 0) is 6.42 Å². The number of ether oxygens (including phenoxy) is 2. The van der Waals surface area contributed by atoms with Crippen molar-refractivity contribution < 1.29 is 19.7 Å². The Kier molecular flexibility index (Phi) is 4.53. The Labute approximate surface area is 105 Å². The minimum atomic E-state index is -0.614. The van der Waals surface area contributed by atoms with Crippen LogP contribution in [0.15, 0.2) is 18.2 Å². The maximum Gasteiger partial charge on any atom is 0.231 e. The molecule has 1 atom stereocenters. The largest absolute Gasteiger partial charge is 0.454 e. The topological polar surface area (TPSA) is 58.9 Å². The molecule has 5 heteroatoms. The summed E-state index contributed by atoms with van der Waals surface area (Å²) in [6.45, 7) is 0.132. The summed E-state index contributed by atoms with van der Waals surface area (Å²) < 4.78 is 10.5. The Bertz CT molecular complexity index is 370. The number of aliphatic hydroxyl groups excluding tert-OH is 2. The third-order valence-electron chi connectivity index (χ3n) is 2.49. The van der Waals surface area contributed by atoms with Crippen LogP contribution in [0, 0.1) is 0 Å². The highest BCUT2D eigenvalue weighted by Gasteiger charge is 2.12. The second-order valence-corrected chi connectivity index (χ2v) is 5.00. The minimum Gasteiger partial charge on any atom is -0.454 e. The van der Waals surface area contributed by atoms with Crippen molar-refractivity contribution in [3.63, 3.8) is 0 Å². The number of hydrogen-bond donors (Lipinski definition) is 2. The molecule has 1 unspecified atom stereocenters. The van der Waals surface area contributed by atoms with E-state index < -0.39 is 6.10 Å². The van der Waals surface area contributed by atoms with Crippen molar-refractivity contribution in [2.24, 2.45) is 0 Å².